The quantitative estimate of drug-likeness (QED) is 0.522. The fourth-order valence-corrected chi connectivity index (χ4v) is 3.81. The molecule has 0 fully saturated rings. The molecule has 6 nitrogen and oxygen atoms in total. The number of halogens is 1. The van der Waals surface area contributed by atoms with Gasteiger partial charge in [-0.25, -0.2) is 0 Å². The van der Waals surface area contributed by atoms with E-state index in [1.807, 2.05) is 25.1 Å². The van der Waals surface area contributed by atoms with Gasteiger partial charge in [0.1, 0.15) is 17.3 Å². The van der Waals surface area contributed by atoms with E-state index in [2.05, 4.69) is 4.90 Å². The minimum Gasteiger partial charge on any atom is -0.497 e. The highest BCUT2D eigenvalue weighted by atomic mass is 35.5. The lowest BCUT2D eigenvalue weighted by Gasteiger charge is -2.26. The number of hydrogen-bond donors (Lipinski definition) is 0. The average Bonchev–Trinajstić information content (AvgIpc) is 3.19. The molecule has 2 heterocycles. The maximum absolute atomic E-state index is 13.0. The lowest BCUT2D eigenvalue weighted by Crippen LogP contribution is -2.35. The summed E-state index contributed by atoms with van der Waals surface area (Å²) in [6.45, 7) is 1.90. The monoisotopic (exact) mass is 454 g/mol. The first kappa shape index (κ1) is 23.6. The van der Waals surface area contributed by atoms with Crippen LogP contribution in [-0.2, 0) is 19.5 Å². The zero-order valence-electron chi connectivity index (χ0n) is 18.5. The van der Waals surface area contributed by atoms with Crippen molar-refractivity contribution in [2.24, 2.45) is 0 Å². The molecule has 0 radical (unpaired) electrons. The first-order valence-electron chi connectivity index (χ1n) is 10.3. The van der Waals surface area contributed by atoms with Gasteiger partial charge in [0, 0.05) is 41.8 Å². The van der Waals surface area contributed by atoms with Gasteiger partial charge in [-0.2, -0.15) is 0 Å². The van der Waals surface area contributed by atoms with E-state index in [1.165, 1.54) is 0 Å². The number of amides is 1. The largest absolute Gasteiger partial charge is 0.497 e. The molecule has 0 saturated carbocycles. The van der Waals surface area contributed by atoms with Crippen LogP contribution in [0.25, 0.3) is 0 Å². The highest BCUT2D eigenvalue weighted by Gasteiger charge is 2.25. The molecule has 2 aromatic carbocycles. The maximum Gasteiger partial charge on any atom is 0.254 e. The number of carbonyl (C=O) groups is 2. The lowest BCUT2D eigenvalue weighted by atomic mass is 10.0. The van der Waals surface area contributed by atoms with Gasteiger partial charge >= 0.3 is 0 Å². The van der Waals surface area contributed by atoms with E-state index in [4.69, 9.17) is 9.15 Å². The number of benzene rings is 2. The normalized spacial score (nSPS) is 12.8. The molecule has 1 aliphatic heterocycles. The van der Waals surface area contributed by atoms with Gasteiger partial charge in [0.05, 0.1) is 13.7 Å². The van der Waals surface area contributed by atoms with Crippen LogP contribution in [0.15, 0.2) is 59.0 Å². The Kier molecular flexibility index (Phi) is 7.38. The van der Waals surface area contributed by atoms with Crippen molar-refractivity contribution in [1.82, 2.24) is 9.80 Å². The number of fused-ring (bicyclic) bond motifs is 1. The summed E-state index contributed by atoms with van der Waals surface area (Å²) >= 11 is 0. The van der Waals surface area contributed by atoms with Crippen molar-refractivity contribution < 1.29 is 18.7 Å². The first-order valence-corrected chi connectivity index (χ1v) is 10.3. The predicted octanol–water partition coefficient (Wildman–Crippen LogP) is 4.20. The molecule has 1 aromatic heterocycles. The second kappa shape index (κ2) is 10.0. The number of hydrogen-bond acceptors (Lipinski definition) is 5. The minimum absolute atomic E-state index is 0. The standard InChI is InChI=1S/C25H26N2O4.ClH/c1-26(2)16-22-14-20-15-27(13-12-23(20)31-22)25(29)19-6-4-17(5-7-19)24(28)18-8-10-21(30-3)11-9-18;/h4-11,14H,12-13,15-16H2,1-3H3;1H. The molecule has 0 N–H and O–H groups in total. The van der Waals surface area contributed by atoms with Crippen LogP contribution >= 0.6 is 12.4 Å². The van der Waals surface area contributed by atoms with Gasteiger partial charge in [0.2, 0.25) is 0 Å². The van der Waals surface area contributed by atoms with Crippen LogP contribution in [0.3, 0.4) is 0 Å². The SMILES string of the molecule is COc1ccc(C(=O)c2ccc(C(=O)N3CCc4oc(CN(C)C)cc4C3)cc2)cc1.Cl. The number of methoxy groups -OCH3 is 1. The Bertz CT molecular complexity index is 1090. The van der Waals surface area contributed by atoms with Gasteiger partial charge < -0.3 is 19.0 Å². The highest BCUT2D eigenvalue weighted by Crippen LogP contribution is 2.25. The summed E-state index contributed by atoms with van der Waals surface area (Å²) in [6, 6.07) is 15.9. The number of carbonyl (C=O) groups excluding carboxylic acids is 2. The van der Waals surface area contributed by atoms with Gasteiger partial charge in [0.15, 0.2) is 5.78 Å². The zero-order chi connectivity index (χ0) is 22.0. The Labute approximate surface area is 194 Å². The van der Waals surface area contributed by atoms with Crippen molar-refractivity contribution in [2.75, 3.05) is 27.7 Å². The summed E-state index contributed by atoms with van der Waals surface area (Å²) in [5.74, 6) is 2.47. The molecule has 3 aromatic rings. The molecule has 0 aliphatic carbocycles. The molecule has 32 heavy (non-hydrogen) atoms. The van der Waals surface area contributed by atoms with Crippen LogP contribution in [-0.4, -0.2) is 49.2 Å². The van der Waals surface area contributed by atoms with Gasteiger partial charge in [-0.1, -0.05) is 12.1 Å². The van der Waals surface area contributed by atoms with Crippen molar-refractivity contribution in [1.29, 1.82) is 0 Å². The molecular formula is C25H27ClN2O4. The van der Waals surface area contributed by atoms with Gasteiger partial charge in [0.25, 0.3) is 5.91 Å². The van der Waals surface area contributed by atoms with Crippen LogP contribution in [0.4, 0.5) is 0 Å². The molecule has 0 atom stereocenters. The number of furan rings is 1. The number of ketones is 1. The van der Waals surface area contributed by atoms with Crippen LogP contribution in [0.2, 0.25) is 0 Å². The van der Waals surface area contributed by atoms with E-state index in [0.717, 1.165) is 23.6 Å². The van der Waals surface area contributed by atoms with Crippen LogP contribution in [0.5, 0.6) is 5.75 Å². The fraction of sp³-hybridized carbons (Fsp3) is 0.280. The fourth-order valence-electron chi connectivity index (χ4n) is 3.81. The third-order valence-corrected chi connectivity index (χ3v) is 5.42. The van der Waals surface area contributed by atoms with Crippen molar-refractivity contribution in [3.63, 3.8) is 0 Å². The van der Waals surface area contributed by atoms with Gasteiger partial charge in [-0.15, -0.1) is 12.4 Å². The summed E-state index contributed by atoms with van der Waals surface area (Å²) in [4.78, 5) is 29.6. The molecule has 1 amide bonds. The summed E-state index contributed by atoms with van der Waals surface area (Å²) in [5, 5.41) is 0. The summed E-state index contributed by atoms with van der Waals surface area (Å²) < 4.78 is 11.1. The molecule has 0 spiro atoms. The average molecular weight is 455 g/mol. The number of ether oxygens (including phenoxy) is 1. The molecule has 4 rings (SSSR count). The van der Waals surface area contributed by atoms with Crippen LogP contribution in [0, 0.1) is 0 Å². The van der Waals surface area contributed by atoms with E-state index in [0.29, 0.717) is 42.0 Å². The topological polar surface area (TPSA) is 63.0 Å². The Hall–Kier alpha value is -3.09. The molecular weight excluding hydrogens is 428 g/mol. The van der Waals surface area contributed by atoms with Crippen molar-refractivity contribution >= 4 is 24.1 Å². The number of nitrogens with zero attached hydrogens (tertiary/aromatic N) is 2. The second-order valence-corrected chi connectivity index (χ2v) is 8.01. The summed E-state index contributed by atoms with van der Waals surface area (Å²) in [6.07, 6.45) is 0.711. The Morgan fingerprint density at radius 1 is 1.00 bits per heavy atom. The Morgan fingerprint density at radius 3 is 2.19 bits per heavy atom. The third-order valence-electron chi connectivity index (χ3n) is 5.42. The molecule has 7 heteroatoms. The second-order valence-electron chi connectivity index (χ2n) is 8.01. The third kappa shape index (κ3) is 5.03. The zero-order valence-corrected chi connectivity index (χ0v) is 19.3. The van der Waals surface area contributed by atoms with Crippen molar-refractivity contribution in [3.8, 4) is 5.75 Å². The molecule has 0 bridgehead atoms. The van der Waals surface area contributed by atoms with E-state index in [-0.39, 0.29) is 24.1 Å². The Morgan fingerprint density at radius 2 is 1.59 bits per heavy atom. The van der Waals surface area contributed by atoms with E-state index in [9.17, 15) is 9.59 Å². The van der Waals surface area contributed by atoms with E-state index >= 15 is 0 Å². The van der Waals surface area contributed by atoms with Gasteiger partial charge in [-0.3, -0.25) is 9.59 Å². The summed E-state index contributed by atoms with van der Waals surface area (Å²) in [5.41, 5.74) is 2.78. The smallest absolute Gasteiger partial charge is 0.254 e. The predicted molar refractivity (Wildman–Crippen MR) is 125 cm³/mol. The maximum atomic E-state index is 13.0. The molecule has 168 valence electrons. The van der Waals surface area contributed by atoms with Crippen LogP contribution < -0.4 is 4.74 Å². The summed E-state index contributed by atoms with van der Waals surface area (Å²) in [7, 11) is 5.59. The minimum atomic E-state index is -0.0870. The van der Waals surface area contributed by atoms with E-state index in [1.54, 1.807) is 55.6 Å². The first-order chi connectivity index (χ1) is 14.9. The van der Waals surface area contributed by atoms with Gasteiger partial charge in [-0.05, 0) is 56.6 Å². The highest BCUT2D eigenvalue weighted by molar-refractivity contribution is 6.09. The molecule has 1 aliphatic rings. The number of rotatable bonds is 6. The van der Waals surface area contributed by atoms with Crippen molar-refractivity contribution in [3.05, 3.63) is 88.4 Å². The lowest BCUT2D eigenvalue weighted by molar-refractivity contribution is 0.0729. The Balaban J connectivity index is 0.00000289. The van der Waals surface area contributed by atoms with E-state index < -0.39 is 0 Å². The molecule has 0 saturated heterocycles. The van der Waals surface area contributed by atoms with Crippen LogP contribution in [0.1, 0.15) is 43.4 Å². The van der Waals surface area contributed by atoms with Crippen molar-refractivity contribution in [2.45, 2.75) is 19.5 Å². The molecule has 0 unspecified atom stereocenters.